The Morgan fingerprint density at radius 2 is 1.68 bits per heavy atom. The van der Waals surface area contributed by atoms with Crippen molar-refractivity contribution >= 4 is 0 Å². The largest absolute Gasteiger partial charge is 0.507 e. The third kappa shape index (κ3) is 5.07. The highest BCUT2D eigenvalue weighted by Gasteiger charge is 2.20. The lowest BCUT2D eigenvalue weighted by atomic mass is 9.87. The predicted molar refractivity (Wildman–Crippen MR) is 125 cm³/mol. The van der Waals surface area contributed by atoms with Gasteiger partial charge in [0.2, 0.25) is 0 Å². The van der Waals surface area contributed by atoms with Crippen LogP contribution in [0.1, 0.15) is 55.5 Å². The molecular weight excluding hydrogens is 384 g/mol. The number of aromatic nitrogens is 2. The Morgan fingerprint density at radius 1 is 0.968 bits per heavy atom. The summed E-state index contributed by atoms with van der Waals surface area (Å²) >= 11 is 0. The molecule has 0 spiro atoms. The van der Waals surface area contributed by atoms with Gasteiger partial charge >= 0.3 is 0 Å². The van der Waals surface area contributed by atoms with Crippen molar-refractivity contribution in [3.63, 3.8) is 0 Å². The van der Waals surface area contributed by atoms with E-state index in [0.717, 1.165) is 25.2 Å². The summed E-state index contributed by atoms with van der Waals surface area (Å²) in [6.07, 6.45) is 8.92. The van der Waals surface area contributed by atoms with Crippen molar-refractivity contribution in [1.29, 1.82) is 0 Å². The van der Waals surface area contributed by atoms with E-state index in [9.17, 15) is 9.90 Å². The molecule has 31 heavy (non-hydrogen) atoms. The van der Waals surface area contributed by atoms with Crippen molar-refractivity contribution in [1.82, 2.24) is 9.55 Å². The fourth-order valence-corrected chi connectivity index (χ4v) is 4.79. The van der Waals surface area contributed by atoms with Gasteiger partial charge in [-0.25, -0.2) is 4.98 Å². The molecule has 1 aliphatic rings. The maximum atomic E-state index is 13.6. The number of aromatic hydroxyl groups is 1. The number of hydrogen-bond donors (Lipinski definition) is 1. The zero-order valence-electron chi connectivity index (χ0n) is 18.4. The summed E-state index contributed by atoms with van der Waals surface area (Å²) in [5, 5.41) is 10.4. The first kappa shape index (κ1) is 21.4. The Labute approximate surface area is 184 Å². The minimum atomic E-state index is 0.0393. The van der Waals surface area contributed by atoms with Crippen LogP contribution in [0.25, 0.3) is 11.3 Å². The fourth-order valence-electron chi connectivity index (χ4n) is 4.79. The number of nitrogens with zero attached hydrogens (tertiary/aromatic N) is 2. The van der Waals surface area contributed by atoms with E-state index >= 15 is 0 Å². The Kier molecular flexibility index (Phi) is 6.86. The highest BCUT2D eigenvalue weighted by molar-refractivity contribution is 5.69. The molecular formula is C27H32N2O2. The lowest BCUT2D eigenvalue weighted by Crippen LogP contribution is -2.29. The number of rotatable bonds is 7. The average molecular weight is 417 g/mol. The van der Waals surface area contributed by atoms with E-state index in [4.69, 9.17) is 4.98 Å². The van der Waals surface area contributed by atoms with Crippen LogP contribution in [-0.2, 0) is 19.4 Å². The van der Waals surface area contributed by atoms with E-state index < -0.39 is 0 Å². The summed E-state index contributed by atoms with van der Waals surface area (Å²) in [7, 11) is 0. The number of phenols is 1. The van der Waals surface area contributed by atoms with Gasteiger partial charge in [0.15, 0.2) is 0 Å². The number of aryl methyl sites for hydroxylation is 2. The summed E-state index contributed by atoms with van der Waals surface area (Å²) in [5.41, 5.74) is 3.17. The van der Waals surface area contributed by atoms with Crippen LogP contribution in [-0.4, -0.2) is 14.7 Å². The molecule has 0 radical (unpaired) electrons. The normalized spacial score (nSPS) is 14.6. The number of hydrogen-bond acceptors (Lipinski definition) is 3. The van der Waals surface area contributed by atoms with E-state index in [0.29, 0.717) is 29.2 Å². The minimum absolute atomic E-state index is 0.0393. The van der Waals surface area contributed by atoms with E-state index in [2.05, 4.69) is 12.1 Å². The molecule has 1 saturated carbocycles. The first-order valence-corrected chi connectivity index (χ1v) is 11.6. The molecule has 0 amide bonds. The molecule has 4 rings (SSSR count). The maximum absolute atomic E-state index is 13.6. The molecule has 1 fully saturated rings. The van der Waals surface area contributed by atoms with Gasteiger partial charge in [-0.15, -0.1) is 0 Å². The van der Waals surface area contributed by atoms with E-state index in [1.54, 1.807) is 12.1 Å². The predicted octanol–water partition coefficient (Wildman–Crippen LogP) is 5.68. The first-order chi connectivity index (χ1) is 15.1. The van der Waals surface area contributed by atoms with Crippen molar-refractivity contribution in [3.8, 4) is 17.0 Å². The van der Waals surface area contributed by atoms with Crippen molar-refractivity contribution in [3.05, 3.63) is 81.9 Å². The molecule has 3 aromatic rings. The third-order valence-corrected chi connectivity index (χ3v) is 6.60. The quantitative estimate of drug-likeness (QED) is 0.539. The standard InChI is InChI=1S/C27H32N2O2/c1-20-28-26(23-14-8-9-15-25(23)30)24(17-16-21-10-4-2-5-11-21)27(31)29(20)19-18-22-12-6-3-7-13-22/h2,4-5,8-11,14-15,22,30H,3,6-7,12-13,16-19H2,1H3. The van der Waals surface area contributed by atoms with Gasteiger partial charge in [-0.3, -0.25) is 9.36 Å². The molecule has 0 saturated heterocycles. The monoisotopic (exact) mass is 416 g/mol. The highest BCUT2D eigenvalue weighted by Crippen LogP contribution is 2.30. The average Bonchev–Trinajstić information content (AvgIpc) is 2.80. The van der Waals surface area contributed by atoms with Gasteiger partial charge < -0.3 is 5.11 Å². The molecule has 1 aliphatic carbocycles. The van der Waals surface area contributed by atoms with Crippen LogP contribution in [0.5, 0.6) is 5.75 Å². The van der Waals surface area contributed by atoms with Gasteiger partial charge in [0, 0.05) is 17.7 Å². The number of phenolic OH excluding ortho intramolecular Hbond substituents is 1. The smallest absolute Gasteiger partial charge is 0.257 e. The summed E-state index contributed by atoms with van der Waals surface area (Å²) in [5.74, 6) is 1.60. The van der Waals surface area contributed by atoms with Gasteiger partial charge in [0.05, 0.1) is 5.69 Å². The molecule has 1 N–H and O–H groups in total. The third-order valence-electron chi connectivity index (χ3n) is 6.60. The molecule has 0 unspecified atom stereocenters. The zero-order valence-corrected chi connectivity index (χ0v) is 18.4. The maximum Gasteiger partial charge on any atom is 0.257 e. The van der Waals surface area contributed by atoms with E-state index in [1.165, 1.54) is 37.7 Å². The lowest BCUT2D eigenvalue weighted by Gasteiger charge is -2.23. The second-order valence-corrected chi connectivity index (χ2v) is 8.74. The molecule has 1 aromatic heterocycles. The van der Waals surface area contributed by atoms with Crippen molar-refractivity contribution < 1.29 is 5.11 Å². The Morgan fingerprint density at radius 3 is 2.42 bits per heavy atom. The van der Waals surface area contributed by atoms with Crippen LogP contribution in [0.2, 0.25) is 0 Å². The molecule has 2 aromatic carbocycles. The second kappa shape index (κ2) is 9.95. The SMILES string of the molecule is Cc1nc(-c2ccccc2O)c(CCc2ccccc2)c(=O)n1CCC1CCCCC1. The first-order valence-electron chi connectivity index (χ1n) is 11.6. The van der Waals surface area contributed by atoms with Crippen LogP contribution in [0.4, 0.5) is 0 Å². The van der Waals surface area contributed by atoms with Crippen molar-refractivity contribution in [2.24, 2.45) is 5.92 Å². The molecule has 0 bridgehead atoms. The van der Waals surface area contributed by atoms with Crippen LogP contribution in [0.3, 0.4) is 0 Å². The number of para-hydroxylation sites is 1. The molecule has 4 nitrogen and oxygen atoms in total. The van der Waals surface area contributed by atoms with Crippen LogP contribution >= 0.6 is 0 Å². The Hall–Kier alpha value is -2.88. The van der Waals surface area contributed by atoms with Crippen LogP contribution < -0.4 is 5.56 Å². The van der Waals surface area contributed by atoms with Crippen LogP contribution in [0.15, 0.2) is 59.4 Å². The summed E-state index contributed by atoms with van der Waals surface area (Å²) in [6, 6.07) is 17.4. The van der Waals surface area contributed by atoms with E-state index in [-0.39, 0.29) is 11.3 Å². The van der Waals surface area contributed by atoms with Gasteiger partial charge in [-0.1, -0.05) is 74.6 Å². The topological polar surface area (TPSA) is 55.1 Å². The fraction of sp³-hybridized carbons (Fsp3) is 0.407. The molecule has 0 aliphatic heterocycles. The van der Waals surface area contributed by atoms with Crippen molar-refractivity contribution in [2.45, 2.75) is 64.8 Å². The van der Waals surface area contributed by atoms with Crippen LogP contribution in [0, 0.1) is 12.8 Å². The van der Waals surface area contributed by atoms with E-state index in [1.807, 2.05) is 41.8 Å². The van der Waals surface area contributed by atoms with Crippen molar-refractivity contribution in [2.75, 3.05) is 0 Å². The summed E-state index contributed by atoms with van der Waals surface area (Å²) < 4.78 is 1.86. The van der Waals surface area contributed by atoms with Gasteiger partial charge in [0.1, 0.15) is 11.6 Å². The summed E-state index contributed by atoms with van der Waals surface area (Å²) in [4.78, 5) is 18.5. The zero-order chi connectivity index (χ0) is 21.6. The highest BCUT2D eigenvalue weighted by atomic mass is 16.3. The molecule has 162 valence electrons. The molecule has 1 heterocycles. The lowest BCUT2D eigenvalue weighted by molar-refractivity contribution is 0.320. The number of benzene rings is 2. The minimum Gasteiger partial charge on any atom is -0.507 e. The van der Waals surface area contributed by atoms with Gasteiger partial charge in [-0.05, 0) is 49.8 Å². The Bertz CT molecular complexity index is 1070. The van der Waals surface area contributed by atoms with Gasteiger partial charge in [0.25, 0.3) is 5.56 Å². The summed E-state index contributed by atoms with van der Waals surface area (Å²) in [6.45, 7) is 2.63. The second-order valence-electron chi connectivity index (χ2n) is 8.74. The van der Waals surface area contributed by atoms with Gasteiger partial charge in [-0.2, -0.15) is 0 Å². The molecule has 4 heteroatoms. The molecule has 0 atom stereocenters. The Balaban J connectivity index is 1.68.